The number of phosphoric acid groups is 1. The lowest BCUT2D eigenvalue weighted by molar-refractivity contribution is -0.870. The van der Waals surface area contributed by atoms with Gasteiger partial charge in [-0.2, -0.15) is 0 Å². The summed E-state index contributed by atoms with van der Waals surface area (Å²) >= 11 is 0. The molecular weight excluding hydrogens is 665 g/mol. The molecule has 0 aromatic heterocycles. The number of likely N-dealkylation sites (N-methyl/N-ethyl adjacent to an activating group) is 1. The Kier molecular flexibility index (Phi) is 32.8. The van der Waals surface area contributed by atoms with Crippen LogP contribution in [0.3, 0.4) is 0 Å². The average Bonchev–Trinajstić information content (AvgIpc) is 3.07. The predicted octanol–water partition coefficient (Wildman–Crippen LogP) is 11.0. The molecule has 0 bridgehead atoms. The molecule has 0 aromatic rings. The minimum absolute atomic E-state index is 0.0277. The van der Waals surface area contributed by atoms with E-state index in [4.69, 9.17) is 18.5 Å². The number of nitrogens with zero attached hydrogens (tertiary/aromatic N) is 1. The third-order valence-corrected chi connectivity index (χ3v) is 9.48. The van der Waals surface area contributed by atoms with Crippen molar-refractivity contribution in [2.24, 2.45) is 0 Å². The molecule has 0 saturated heterocycles. The molecule has 0 fully saturated rings. The number of carbonyl (C=O) groups excluding carboxylic acids is 2. The van der Waals surface area contributed by atoms with Crippen LogP contribution >= 0.6 is 7.82 Å². The topological polar surface area (TPSA) is 108 Å². The summed E-state index contributed by atoms with van der Waals surface area (Å²) in [5, 5.41) is 0. The lowest BCUT2D eigenvalue weighted by atomic mass is 10.0. The van der Waals surface area contributed by atoms with Gasteiger partial charge in [-0.15, -0.1) is 0 Å². The minimum Gasteiger partial charge on any atom is -0.462 e. The van der Waals surface area contributed by atoms with Crippen molar-refractivity contribution in [2.75, 3.05) is 47.5 Å². The monoisotopic (exact) mass is 743 g/mol. The van der Waals surface area contributed by atoms with Gasteiger partial charge in [-0.3, -0.25) is 18.6 Å². The van der Waals surface area contributed by atoms with Gasteiger partial charge < -0.3 is 18.9 Å². The third kappa shape index (κ3) is 37.8. The Balaban J connectivity index is 4.42. The Hall–Kier alpha value is -1.77. The van der Waals surface area contributed by atoms with Crippen LogP contribution in [0.1, 0.15) is 162 Å². The molecule has 2 unspecified atom stereocenters. The van der Waals surface area contributed by atoms with Crippen LogP contribution < -0.4 is 0 Å². The van der Waals surface area contributed by atoms with Gasteiger partial charge in [0.15, 0.2) is 6.10 Å². The molecule has 0 amide bonds. The van der Waals surface area contributed by atoms with Gasteiger partial charge in [-0.25, -0.2) is 4.57 Å². The summed E-state index contributed by atoms with van der Waals surface area (Å²) in [6, 6.07) is 0. The number of unbranched alkanes of at least 4 members (excludes halogenated alkanes) is 18. The molecule has 2 atom stereocenters. The molecule has 10 heteroatoms. The largest absolute Gasteiger partial charge is 0.472 e. The predicted molar refractivity (Wildman–Crippen MR) is 210 cm³/mol. The van der Waals surface area contributed by atoms with Crippen molar-refractivity contribution in [3.63, 3.8) is 0 Å². The van der Waals surface area contributed by atoms with Crippen molar-refractivity contribution in [2.45, 2.75) is 168 Å². The van der Waals surface area contributed by atoms with Crippen LogP contribution in [0.4, 0.5) is 0 Å². The highest BCUT2D eigenvalue weighted by Gasteiger charge is 2.27. The first-order valence-corrected chi connectivity index (χ1v) is 21.7. The first-order valence-electron chi connectivity index (χ1n) is 20.2. The van der Waals surface area contributed by atoms with Crippen LogP contribution in [0.2, 0.25) is 0 Å². The minimum atomic E-state index is -4.37. The van der Waals surface area contributed by atoms with E-state index in [0.717, 1.165) is 57.8 Å². The zero-order valence-corrected chi connectivity index (χ0v) is 34.2. The van der Waals surface area contributed by atoms with Crippen LogP contribution in [0, 0.1) is 0 Å². The number of esters is 2. The molecular formula is C41H77NO8P+. The Morgan fingerprint density at radius 1 is 0.627 bits per heavy atom. The number of rotatable bonds is 36. The molecule has 0 saturated carbocycles. The van der Waals surface area contributed by atoms with Crippen molar-refractivity contribution >= 4 is 19.8 Å². The smallest absolute Gasteiger partial charge is 0.462 e. The number of allylic oxidation sites excluding steroid dienone is 6. The maximum atomic E-state index is 12.6. The first-order chi connectivity index (χ1) is 24.5. The molecule has 0 rings (SSSR count). The van der Waals surface area contributed by atoms with E-state index >= 15 is 0 Å². The highest BCUT2D eigenvalue weighted by molar-refractivity contribution is 7.47. The summed E-state index contributed by atoms with van der Waals surface area (Å²) in [4.78, 5) is 35.2. The second-order valence-electron chi connectivity index (χ2n) is 14.7. The second kappa shape index (κ2) is 34.0. The molecule has 9 nitrogen and oxygen atoms in total. The summed E-state index contributed by atoms with van der Waals surface area (Å²) in [7, 11) is 1.46. The van der Waals surface area contributed by atoms with Crippen molar-refractivity contribution in [1.29, 1.82) is 0 Å². The van der Waals surface area contributed by atoms with E-state index in [-0.39, 0.29) is 32.0 Å². The standard InChI is InChI=1S/C41H76NO8P/c1-6-8-10-12-14-16-18-20-22-23-25-27-29-31-33-40(43)47-37-39(38-49-51(45,46)48-36-35-42(3,4)5)50-41(44)34-32-30-28-26-24-21-19-17-15-13-11-9-7-2/h9,11,13,15,17,19,39H,6-8,10,12,14,16,18,20-38H2,1-5H3/p+1/b11-9+,15-13+,19-17+. The Bertz CT molecular complexity index is 975. The van der Waals surface area contributed by atoms with Crippen molar-refractivity contribution in [3.05, 3.63) is 36.5 Å². The first kappa shape index (κ1) is 49.2. The fraction of sp³-hybridized carbons (Fsp3) is 0.805. The van der Waals surface area contributed by atoms with E-state index in [1.165, 1.54) is 70.6 Å². The van der Waals surface area contributed by atoms with Gasteiger partial charge in [0, 0.05) is 12.8 Å². The normalized spacial score (nSPS) is 14.1. The van der Waals surface area contributed by atoms with E-state index in [9.17, 15) is 19.0 Å². The maximum Gasteiger partial charge on any atom is 0.472 e. The SMILES string of the molecule is CC/C=C/C=C/C=C/CCCCCCCC(=O)OC(COC(=O)CCCCCCCCCCCCCCCC)COP(=O)(O)OCC[N+](C)(C)C. The number of hydrogen-bond acceptors (Lipinski definition) is 7. The van der Waals surface area contributed by atoms with Gasteiger partial charge in [0.25, 0.3) is 0 Å². The molecule has 0 aliphatic heterocycles. The number of carbonyl (C=O) groups is 2. The fourth-order valence-corrected chi connectivity index (χ4v) is 6.05. The molecule has 1 N–H and O–H groups in total. The molecule has 0 aliphatic rings. The van der Waals surface area contributed by atoms with Crippen molar-refractivity contribution in [3.8, 4) is 0 Å². The van der Waals surface area contributed by atoms with Crippen LogP contribution in [0.25, 0.3) is 0 Å². The maximum absolute atomic E-state index is 12.6. The Morgan fingerprint density at radius 3 is 1.65 bits per heavy atom. The van der Waals surface area contributed by atoms with Gasteiger partial charge in [0.05, 0.1) is 27.7 Å². The van der Waals surface area contributed by atoms with Gasteiger partial charge in [0.2, 0.25) is 0 Å². The van der Waals surface area contributed by atoms with E-state index in [2.05, 4.69) is 32.1 Å². The van der Waals surface area contributed by atoms with Crippen LogP contribution in [0.15, 0.2) is 36.5 Å². The average molecular weight is 743 g/mol. The number of hydrogen-bond donors (Lipinski definition) is 1. The summed E-state index contributed by atoms with van der Waals surface area (Å²) in [6.07, 6.45) is 36.2. The van der Waals surface area contributed by atoms with Crippen molar-refractivity contribution in [1.82, 2.24) is 0 Å². The van der Waals surface area contributed by atoms with Crippen LogP contribution in [-0.2, 0) is 32.7 Å². The zero-order chi connectivity index (χ0) is 37.9. The van der Waals surface area contributed by atoms with Gasteiger partial charge in [-0.1, -0.05) is 153 Å². The van der Waals surface area contributed by atoms with Gasteiger partial charge in [0.1, 0.15) is 19.8 Å². The zero-order valence-electron chi connectivity index (χ0n) is 33.3. The molecule has 51 heavy (non-hydrogen) atoms. The molecule has 0 heterocycles. The van der Waals surface area contributed by atoms with E-state index in [1.807, 2.05) is 39.4 Å². The second-order valence-corrected chi connectivity index (χ2v) is 16.2. The summed E-state index contributed by atoms with van der Waals surface area (Å²) in [6.45, 7) is 4.26. The molecule has 0 aromatic carbocycles. The molecule has 298 valence electrons. The van der Waals surface area contributed by atoms with Crippen LogP contribution in [-0.4, -0.2) is 74.9 Å². The quantitative estimate of drug-likeness (QED) is 0.0222. The third-order valence-electron chi connectivity index (χ3n) is 8.50. The summed E-state index contributed by atoms with van der Waals surface area (Å²) in [5.41, 5.74) is 0. The number of ether oxygens (including phenoxy) is 2. The Morgan fingerprint density at radius 2 is 1.12 bits per heavy atom. The highest BCUT2D eigenvalue weighted by Crippen LogP contribution is 2.43. The van der Waals surface area contributed by atoms with Crippen LogP contribution in [0.5, 0.6) is 0 Å². The lowest BCUT2D eigenvalue weighted by Gasteiger charge is -2.24. The van der Waals surface area contributed by atoms with E-state index < -0.39 is 26.5 Å². The molecule has 0 radical (unpaired) electrons. The summed E-state index contributed by atoms with van der Waals surface area (Å²) < 4.78 is 34.2. The molecule has 0 spiro atoms. The van der Waals surface area contributed by atoms with Crippen molar-refractivity contribution < 1.29 is 42.1 Å². The molecule has 0 aliphatic carbocycles. The lowest BCUT2D eigenvalue weighted by Crippen LogP contribution is -2.37. The summed E-state index contributed by atoms with van der Waals surface area (Å²) in [5.74, 6) is -0.822. The van der Waals surface area contributed by atoms with Gasteiger partial charge >= 0.3 is 19.8 Å². The number of phosphoric ester groups is 1. The Labute approximate surface area is 312 Å². The fourth-order valence-electron chi connectivity index (χ4n) is 5.31. The highest BCUT2D eigenvalue weighted by atomic mass is 31.2. The number of quaternary nitrogens is 1. The van der Waals surface area contributed by atoms with E-state index in [1.54, 1.807) is 0 Å². The van der Waals surface area contributed by atoms with Gasteiger partial charge in [-0.05, 0) is 32.1 Å². The van der Waals surface area contributed by atoms with E-state index in [0.29, 0.717) is 17.4 Å².